The van der Waals surface area contributed by atoms with Crippen molar-refractivity contribution in [2.45, 2.75) is 158 Å². The van der Waals surface area contributed by atoms with E-state index in [-0.39, 0.29) is 0 Å². The Morgan fingerprint density at radius 2 is 0.514 bits per heavy atom. The summed E-state index contributed by atoms with van der Waals surface area (Å²) in [6, 6.07) is 0. The molecule has 0 bridgehead atoms. The van der Waals surface area contributed by atoms with Crippen LogP contribution in [0, 0.1) is 0 Å². The first-order valence-electron chi connectivity index (χ1n) is 13.1. The smallest absolute Gasteiger partial charge is 0.368 e. The lowest BCUT2D eigenvalue weighted by atomic mass is 10.2. The SMILES string of the molecule is CC(C)(C)O[Si](CSSSC[Si](OC(C)(C)C)(OC(C)(C)C)OC(C)(C)C)(OC(C)(C)C)OC(C)(C)C. The first kappa shape index (κ1) is 38.2. The predicted octanol–water partition coefficient (Wildman–Crippen LogP) is 8.86. The van der Waals surface area contributed by atoms with E-state index in [1.165, 1.54) is 0 Å². The molecule has 0 rings (SSSR count). The molecule has 0 radical (unpaired) electrons. The van der Waals surface area contributed by atoms with Crippen LogP contribution in [0.4, 0.5) is 0 Å². The van der Waals surface area contributed by atoms with Crippen molar-refractivity contribution in [2.75, 3.05) is 10.8 Å². The van der Waals surface area contributed by atoms with E-state index in [0.717, 1.165) is 0 Å². The standard InChI is InChI=1S/C26H58O6S3Si2/c1-21(2,3)27-36(28-22(4,5)6,29-23(7,8)9)19-33-35-34-20-37(30-24(10,11)12,31-25(13,14)15)32-26(16,17)18/h19-20H2,1-18H3. The molecule has 0 saturated heterocycles. The third-order valence-corrected chi connectivity index (χ3v) is 17.3. The predicted molar refractivity (Wildman–Crippen MR) is 169 cm³/mol. The summed E-state index contributed by atoms with van der Waals surface area (Å²) < 4.78 is 39.6. The summed E-state index contributed by atoms with van der Waals surface area (Å²) in [6.07, 6.45) is 0. The lowest BCUT2D eigenvalue weighted by molar-refractivity contribution is -0.0731. The van der Waals surface area contributed by atoms with Crippen molar-refractivity contribution in [1.82, 2.24) is 0 Å². The van der Waals surface area contributed by atoms with Crippen LogP contribution in [0.2, 0.25) is 0 Å². The maximum Gasteiger partial charge on any atom is 0.513 e. The molecule has 0 spiro atoms. The fourth-order valence-corrected chi connectivity index (χ4v) is 19.1. The molecule has 6 nitrogen and oxygen atoms in total. The third kappa shape index (κ3) is 20.7. The Hall–Kier alpha value is 1.24. The van der Waals surface area contributed by atoms with Gasteiger partial charge in [0, 0.05) is 0 Å². The topological polar surface area (TPSA) is 55.4 Å². The van der Waals surface area contributed by atoms with Crippen molar-refractivity contribution in [3.05, 3.63) is 0 Å². The molecule has 0 aliphatic heterocycles. The molecule has 0 aliphatic carbocycles. The van der Waals surface area contributed by atoms with Crippen LogP contribution in [0.3, 0.4) is 0 Å². The summed E-state index contributed by atoms with van der Waals surface area (Å²) in [5.41, 5.74) is -2.39. The van der Waals surface area contributed by atoms with E-state index in [2.05, 4.69) is 125 Å². The number of rotatable bonds is 12. The highest BCUT2D eigenvalue weighted by Crippen LogP contribution is 2.42. The van der Waals surface area contributed by atoms with Gasteiger partial charge in [0.1, 0.15) is 0 Å². The van der Waals surface area contributed by atoms with Gasteiger partial charge >= 0.3 is 17.6 Å². The lowest BCUT2D eigenvalue weighted by Gasteiger charge is -2.43. The van der Waals surface area contributed by atoms with Gasteiger partial charge in [-0.25, -0.2) is 0 Å². The van der Waals surface area contributed by atoms with Gasteiger partial charge in [-0.1, -0.05) is 21.6 Å². The summed E-state index contributed by atoms with van der Waals surface area (Å²) in [6.45, 7) is 36.9. The average Bonchev–Trinajstić information content (AvgIpc) is 2.42. The van der Waals surface area contributed by atoms with Crippen LogP contribution in [-0.2, 0) is 26.6 Å². The number of hydrogen-bond acceptors (Lipinski definition) is 9. The molecule has 0 aliphatic rings. The Balaban J connectivity index is 5.82. The molecule has 0 heterocycles. The molecule has 0 N–H and O–H groups in total. The van der Waals surface area contributed by atoms with Crippen LogP contribution in [0.25, 0.3) is 0 Å². The van der Waals surface area contributed by atoms with Gasteiger partial charge in [0.25, 0.3) is 0 Å². The molecule has 0 fully saturated rings. The fourth-order valence-electron chi connectivity index (χ4n) is 3.33. The molecule has 224 valence electrons. The zero-order valence-electron chi connectivity index (χ0n) is 27.1. The molecule has 0 aromatic rings. The van der Waals surface area contributed by atoms with E-state index in [4.69, 9.17) is 26.6 Å². The summed E-state index contributed by atoms with van der Waals surface area (Å²) in [5, 5.41) is 1.23. The summed E-state index contributed by atoms with van der Waals surface area (Å²) in [7, 11) is -1.05. The minimum atomic E-state index is -3.07. The number of hydrogen-bond donors (Lipinski definition) is 0. The van der Waals surface area contributed by atoms with Crippen LogP contribution in [0.5, 0.6) is 0 Å². The van der Waals surface area contributed by atoms with Gasteiger partial charge in [-0.3, -0.25) is 0 Å². The summed E-state index contributed by atoms with van der Waals surface area (Å²) in [4.78, 5) is 0. The van der Waals surface area contributed by atoms with E-state index in [9.17, 15) is 0 Å². The van der Waals surface area contributed by atoms with Gasteiger partial charge in [-0.05, 0) is 134 Å². The monoisotopic (exact) mass is 618 g/mol. The van der Waals surface area contributed by atoms with Crippen LogP contribution in [-0.4, -0.2) is 62.0 Å². The zero-order valence-corrected chi connectivity index (χ0v) is 31.5. The van der Waals surface area contributed by atoms with Gasteiger partial charge in [-0.2, -0.15) is 0 Å². The Morgan fingerprint density at radius 1 is 0.351 bits per heavy atom. The fraction of sp³-hybridized carbons (Fsp3) is 1.00. The second-order valence-electron chi connectivity index (χ2n) is 15.2. The quantitative estimate of drug-likeness (QED) is 0.121. The van der Waals surface area contributed by atoms with E-state index < -0.39 is 51.2 Å². The van der Waals surface area contributed by atoms with Gasteiger partial charge < -0.3 is 26.6 Å². The molecule has 0 atom stereocenters. The van der Waals surface area contributed by atoms with Gasteiger partial charge in [-0.15, -0.1) is 0 Å². The lowest BCUT2D eigenvalue weighted by Crippen LogP contribution is -2.59. The Morgan fingerprint density at radius 3 is 0.649 bits per heavy atom. The minimum Gasteiger partial charge on any atom is -0.368 e. The molecule has 37 heavy (non-hydrogen) atoms. The highest BCUT2D eigenvalue weighted by atomic mass is 33.5. The molecule has 0 unspecified atom stereocenters. The first-order chi connectivity index (χ1) is 15.9. The largest absolute Gasteiger partial charge is 0.513 e. The van der Waals surface area contributed by atoms with Crippen molar-refractivity contribution in [3.8, 4) is 0 Å². The molecule has 0 saturated carbocycles. The van der Waals surface area contributed by atoms with Crippen molar-refractivity contribution in [3.63, 3.8) is 0 Å². The maximum atomic E-state index is 6.61. The average molecular weight is 619 g/mol. The second kappa shape index (κ2) is 13.5. The molecule has 11 heteroatoms. The van der Waals surface area contributed by atoms with Gasteiger partial charge in [0.05, 0.1) is 44.4 Å². The van der Waals surface area contributed by atoms with Crippen molar-refractivity contribution in [1.29, 1.82) is 0 Å². The maximum absolute atomic E-state index is 6.61. The summed E-state index contributed by atoms with van der Waals surface area (Å²) >= 11 is 0. The Kier molecular flexibility index (Phi) is 13.9. The Labute approximate surface area is 243 Å². The van der Waals surface area contributed by atoms with Gasteiger partial charge in [0.15, 0.2) is 0 Å². The van der Waals surface area contributed by atoms with Crippen LogP contribution in [0.15, 0.2) is 0 Å². The highest BCUT2D eigenvalue weighted by molar-refractivity contribution is 9.09. The van der Waals surface area contributed by atoms with Crippen molar-refractivity contribution >= 4 is 49.0 Å². The molecule has 0 amide bonds. The van der Waals surface area contributed by atoms with E-state index >= 15 is 0 Å². The Bertz CT molecular complexity index is 542. The third-order valence-electron chi connectivity index (χ3n) is 3.34. The van der Waals surface area contributed by atoms with Crippen LogP contribution >= 0.6 is 31.4 Å². The molecule has 0 aromatic heterocycles. The second-order valence-corrected chi connectivity index (χ2v) is 25.2. The normalized spacial score (nSPS) is 15.4. The van der Waals surface area contributed by atoms with Crippen molar-refractivity contribution in [2.24, 2.45) is 0 Å². The van der Waals surface area contributed by atoms with Crippen LogP contribution < -0.4 is 0 Å². The highest BCUT2D eigenvalue weighted by Gasteiger charge is 2.52. The summed E-state index contributed by atoms with van der Waals surface area (Å²) in [5.74, 6) is 0. The molecular weight excluding hydrogens is 561 g/mol. The van der Waals surface area contributed by atoms with Crippen molar-refractivity contribution < 1.29 is 26.6 Å². The zero-order chi connectivity index (χ0) is 29.8. The van der Waals surface area contributed by atoms with Gasteiger partial charge in [0.2, 0.25) is 0 Å². The molecular formula is C26H58O6S3Si2. The van der Waals surface area contributed by atoms with E-state index in [1.807, 2.05) is 0 Å². The first-order valence-corrected chi connectivity index (χ1v) is 20.8. The van der Waals surface area contributed by atoms with E-state index in [1.54, 1.807) is 31.4 Å². The molecule has 0 aromatic carbocycles. The van der Waals surface area contributed by atoms with Crippen LogP contribution in [0.1, 0.15) is 125 Å². The minimum absolute atomic E-state index is 0.398. The van der Waals surface area contributed by atoms with E-state index in [0.29, 0.717) is 10.8 Å².